The number of hydrogen-bond donors (Lipinski definition) is 3. The monoisotopic (exact) mass is 226 g/mol. The molecule has 0 aliphatic heterocycles. The van der Waals surface area contributed by atoms with Crippen LogP contribution in [0.5, 0.6) is 0 Å². The third-order valence-corrected chi connectivity index (χ3v) is 2.09. The van der Waals surface area contributed by atoms with Crippen LogP contribution < -0.4 is 11.1 Å². The van der Waals surface area contributed by atoms with Gasteiger partial charge >= 0.3 is 5.97 Å². The highest BCUT2D eigenvalue weighted by Crippen LogP contribution is 2.10. The van der Waals surface area contributed by atoms with Crippen molar-refractivity contribution < 1.29 is 19.1 Å². The normalized spacial score (nSPS) is 12.3. The maximum Gasteiger partial charge on any atom is 0.339 e. The summed E-state index contributed by atoms with van der Waals surface area (Å²) >= 11 is 0. The number of amides is 1. The molecule has 0 radical (unpaired) electrons. The van der Waals surface area contributed by atoms with Crippen molar-refractivity contribution in [2.45, 2.75) is 25.9 Å². The highest BCUT2D eigenvalue weighted by molar-refractivity contribution is 5.88. The molecule has 1 amide bonds. The van der Waals surface area contributed by atoms with E-state index in [2.05, 4.69) is 5.32 Å². The minimum absolute atomic E-state index is 0.121. The maximum absolute atomic E-state index is 10.7. The summed E-state index contributed by atoms with van der Waals surface area (Å²) in [6.45, 7) is 2.04. The van der Waals surface area contributed by atoms with E-state index < -0.39 is 11.9 Å². The van der Waals surface area contributed by atoms with Crippen LogP contribution in [-0.4, -0.2) is 23.0 Å². The average molecular weight is 226 g/mol. The quantitative estimate of drug-likeness (QED) is 0.648. The molecule has 1 unspecified atom stereocenters. The Hall–Kier alpha value is -1.82. The van der Waals surface area contributed by atoms with E-state index in [1.165, 1.54) is 12.3 Å². The molecule has 0 aromatic carbocycles. The Morgan fingerprint density at radius 2 is 2.31 bits per heavy atom. The summed E-state index contributed by atoms with van der Waals surface area (Å²) in [7, 11) is 0. The number of hydrogen-bond acceptors (Lipinski definition) is 4. The van der Waals surface area contributed by atoms with Gasteiger partial charge in [-0.25, -0.2) is 4.79 Å². The van der Waals surface area contributed by atoms with Crippen LogP contribution in [0.3, 0.4) is 0 Å². The van der Waals surface area contributed by atoms with Crippen LogP contribution in [0.4, 0.5) is 0 Å². The minimum Gasteiger partial charge on any atom is -0.478 e. The molecule has 1 atom stereocenters. The van der Waals surface area contributed by atoms with Gasteiger partial charge in [0.05, 0.1) is 12.8 Å². The molecule has 1 aromatic rings. The Morgan fingerprint density at radius 3 is 2.88 bits per heavy atom. The molecule has 0 aliphatic rings. The molecule has 0 saturated carbocycles. The predicted octanol–water partition coefficient (Wildman–Crippen LogP) is 0.331. The first kappa shape index (κ1) is 12.3. The molecule has 0 saturated heterocycles. The zero-order valence-electron chi connectivity index (χ0n) is 8.90. The Kier molecular flexibility index (Phi) is 4.07. The van der Waals surface area contributed by atoms with Gasteiger partial charge in [-0.2, -0.15) is 0 Å². The topological polar surface area (TPSA) is 106 Å². The van der Waals surface area contributed by atoms with Crippen LogP contribution in [0.25, 0.3) is 0 Å². The number of aromatic carboxylic acids is 1. The van der Waals surface area contributed by atoms with Crippen molar-refractivity contribution in [1.29, 1.82) is 0 Å². The number of carboxylic acid groups (broad SMARTS) is 1. The van der Waals surface area contributed by atoms with Gasteiger partial charge in [0.2, 0.25) is 5.91 Å². The van der Waals surface area contributed by atoms with Gasteiger partial charge in [0.1, 0.15) is 11.3 Å². The molecule has 6 heteroatoms. The first-order chi connectivity index (χ1) is 7.50. The summed E-state index contributed by atoms with van der Waals surface area (Å²) in [5, 5.41) is 11.8. The molecule has 16 heavy (non-hydrogen) atoms. The molecule has 0 bridgehead atoms. The molecule has 0 spiro atoms. The van der Waals surface area contributed by atoms with Gasteiger partial charge in [0.15, 0.2) is 0 Å². The highest BCUT2D eigenvalue weighted by atomic mass is 16.4. The third kappa shape index (κ3) is 3.39. The largest absolute Gasteiger partial charge is 0.478 e. The van der Waals surface area contributed by atoms with Crippen molar-refractivity contribution in [3.63, 3.8) is 0 Å². The fourth-order valence-corrected chi connectivity index (χ4v) is 1.31. The van der Waals surface area contributed by atoms with Crippen LogP contribution in [0, 0.1) is 0 Å². The smallest absolute Gasteiger partial charge is 0.339 e. The van der Waals surface area contributed by atoms with Crippen molar-refractivity contribution in [3.8, 4) is 0 Å². The fraction of sp³-hybridized carbons (Fsp3) is 0.400. The lowest BCUT2D eigenvalue weighted by Crippen LogP contribution is -2.30. The summed E-state index contributed by atoms with van der Waals surface area (Å²) < 4.78 is 5.02. The molecule has 0 aliphatic carbocycles. The highest BCUT2D eigenvalue weighted by Gasteiger charge is 2.14. The van der Waals surface area contributed by atoms with Crippen LogP contribution in [0.15, 0.2) is 16.7 Å². The van der Waals surface area contributed by atoms with Crippen molar-refractivity contribution >= 4 is 11.9 Å². The zero-order chi connectivity index (χ0) is 12.1. The molecular formula is C10H14N2O4. The molecule has 0 fully saturated rings. The van der Waals surface area contributed by atoms with Crippen LogP contribution in [0.2, 0.25) is 0 Å². The lowest BCUT2D eigenvalue weighted by molar-refractivity contribution is -0.118. The fourth-order valence-electron chi connectivity index (χ4n) is 1.31. The molecule has 1 heterocycles. The summed E-state index contributed by atoms with van der Waals surface area (Å²) in [5.74, 6) is -1.10. The van der Waals surface area contributed by atoms with E-state index in [1.807, 2.05) is 0 Å². The van der Waals surface area contributed by atoms with Gasteiger partial charge in [0, 0.05) is 12.5 Å². The second-order valence-corrected chi connectivity index (χ2v) is 3.51. The number of nitrogens with two attached hydrogens (primary N) is 1. The van der Waals surface area contributed by atoms with E-state index in [1.54, 1.807) is 6.92 Å². The number of rotatable bonds is 6. The summed E-state index contributed by atoms with van der Waals surface area (Å²) in [5.41, 5.74) is 5.15. The van der Waals surface area contributed by atoms with Gasteiger partial charge in [-0.3, -0.25) is 4.79 Å². The van der Waals surface area contributed by atoms with Gasteiger partial charge in [0.25, 0.3) is 0 Å². The summed E-state index contributed by atoms with van der Waals surface area (Å²) in [4.78, 5) is 21.4. The van der Waals surface area contributed by atoms with Crippen LogP contribution in [-0.2, 0) is 11.3 Å². The lowest BCUT2D eigenvalue weighted by Gasteiger charge is -2.10. The summed E-state index contributed by atoms with van der Waals surface area (Å²) in [6, 6.07) is 1.27. The van der Waals surface area contributed by atoms with E-state index in [0.717, 1.165) is 0 Å². The minimum atomic E-state index is -1.03. The standard InChI is InChI=1S/C10H14N2O4/c1-6(4-9(11)13)12-5-8-7(10(14)15)2-3-16-8/h2-3,6,12H,4-5H2,1H3,(H2,11,13)(H,14,15). The molecule has 1 aromatic heterocycles. The molecule has 88 valence electrons. The Balaban J connectivity index is 2.51. The number of carbonyl (C=O) groups excluding carboxylic acids is 1. The van der Waals surface area contributed by atoms with E-state index in [-0.39, 0.29) is 24.6 Å². The van der Waals surface area contributed by atoms with E-state index in [4.69, 9.17) is 15.3 Å². The van der Waals surface area contributed by atoms with E-state index >= 15 is 0 Å². The lowest BCUT2D eigenvalue weighted by atomic mass is 10.2. The first-order valence-corrected chi connectivity index (χ1v) is 4.82. The SMILES string of the molecule is CC(CC(N)=O)NCc1occc1C(=O)O. The third-order valence-electron chi connectivity index (χ3n) is 2.09. The average Bonchev–Trinajstić information content (AvgIpc) is 2.61. The first-order valence-electron chi connectivity index (χ1n) is 4.82. The zero-order valence-corrected chi connectivity index (χ0v) is 8.90. The van der Waals surface area contributed by atoms with Gasteiger partial charge < -0.3 is 20.6 Å². The number of carboxylic acids is 1. The van der Waals surface area contributed by atoms with Crippen molar-refractivity contribution in [1.82, 2.24) is 5.32 Å². The van der Waals surface area contributed by atoms with E-state index in [0.29, 0.717) is 5.76 Å². The molecule has 1 rings (SSSR count). The second-order valence-electron chi connectivity index (χ2n) is 3.51. The van der Waals surface area contributed by atoms with Gasteiger partial charge in [-0.05, 0) is 13.0 Å². The number of nitrogens with one attached hydrogen (secondary N) is 1. The van der Waals surface area contributed by atoms with Crippen molar-refractivity contribution in [3.05, 3.63) is 23.7 Å². The Bertz CT molecular complexity index is 386. The van der Waals surface area contributed by atoms with Crippen molar-refractivity contribution in [2.75, 3.05) is 0 Å². The molecular weight excluding hydrogens is 212 g/mol. The molecule has 4 N–H and O–H groups in total. The van der Waals surface area contributed by atoms with Gasteiger partial charge in [-0.1, -0.05) is 0 Å². The predicted molar refractivity (Wildman–Crippen MR) is 55.8 cm³/mol. The Labute approximate surface area is 92.4 Å². The Morgan fingerprint density at radius 1 is 1.62 bits per heavy atom. The van der Waals surface area contributed by atoms with Gasteiger partial charge in [-0.15, -0.1) is 0 Å². The van der Waals surface area contributed by atoms with Crippen LogP contribution in [0.1, 0.15) is 29.5 Å². The molecule has 6 nitrogen and oxygen atoms in total. The number of carbonyl (C=O) groups is 2. The number of primary amides is 1. The second kappa shape index (κ2) is 5.32. The maximum atomic E-state index is 10.7. The number of furan rings is 1. The summed E-state index contributed by atoms with van der Waals surface area (Å²) in [6.07, 6.45) is 1.52. The van der Waals surface area contributed by atoms with E-state index in [9.17, 15) is 9.59 Å². The van der Waals surface area contributed by atoms with Crippen LogP contribution >= 0.6 is 0 Å². The van der Waals surface area contributed by atoms with Crippen molar-refractivity contribution in [2.24, 2.45) is 5.73 Å².